The molecule has 0 spiro atoms. The summed E-state index contributed by atoms with van der Waals surface area (Å²) >= 11 is 1.22. The number of carbonyl (C=O) groups excluding carboxylic acids is 1. The van der Waals surface area contributed by atoms with E-state index in [0.29, 0.717) is 10.3 Å². The topological polar surface area (TPSA) is 101 Å². The summed E-state index contributed by atoms with van der Waals surface area (Å²) in [6.45, 7) is -0.322. The van der Waals surface area contributed by atoms with Gasteiger partial charge in [-0.05, 0) is 25.0 Å². The number of hydrogen-bond acceptors (Lipinski definition) is 5. The Labute approximate surface area is 128 Å². The lowest BCUT2D eigenvalue weighted by atomic mass is 10.2. The average Bonchev–Trinajstić information content (AvgIpc) is 3.21. The zero-order chi connectivity index (χ0) is 15.9. The molecule has 0 radical (unpaired) electrons. The van der Waals surface area contributed by atoms with Crippen LogP contribution in [-0.2, 0) is 4.79 Å². The predicted molar refractivity (Wildman–Crippen MR) is 80.2 cm³/mol. The van der Waals surface area contributed by atoms with Gasteiger partial charge in [-0.15, -0.1) is 11.3 Å². The highest BCUT2D eigenvalue weighted by molar-refractivity contribution is 7.20. The van der Waals surface area contributed by atoms with Crippen LogP contribution < -0.4 is 0 Å². The number of nitro groups is 1. The van der Waals surface area contributed by atoms with Crippen molar-refractivity contribution in [1.82, 2.24) is 4.90 Å². The van der Waals surface area contributed by atoms with Crippen LogP contribution in [0.2, 0.25) is 0 Å². The number of carboxylic acids is 1. The number of carboxylic acid groups (broad SMARTS) is 1. The molecule has 8 heteroatoms. The first-order chi connectivity index (χ1) is 10.5. The molecule has 1 aromatic heterocycles. The van der Waals surface area contributed by atoms with Crippen molar-refractivity contribution < 1.29 is 19.6 Å². The molecule has 114 valence electrons. The highest BCUT2D eigenvalue weighted by atomic mass is 32.1. The fourth-order valence-corrected chi connectivity index (χ4v) is 3.29. The second kappa shape index (κ2) is 5.38. The Hall–Kier alpha value is -2.48. The SMILES string of the molecule is O=C(O)CN(C(=O)c1cc2cc([N+](=O)[O-])ccc2s1)C1CC1. The molecule has 2 aromatic rings. The molecular weight excluding hydrogens is 308 g/mol. The predicted octanol–water partition coefficient (Wildman–Crippen LogP) is 2.50. The van der Waals surface area contributed by atoms with Crippen molar-refractivity contribution in [3.63, 3.8) is 0 Å². The van der Waals surface area contributed by atoms with Crippen LogP contribution in [0.15, 0.2) is 24.3 Å². The zero-order valence-corrected chi connectivity index (χ0v) is 12.2. The van der Waals surface area contributed by atoms with Crippen LogP contribution in [0, 0.1) is 10.1 Å². The fourth-order valence-electron chi connectivity index (χ4n) is 2.29. The summed E-state index contributed by atoms with van der Waals surface area (Å²) in [6.07, 6.45) is 1.63. The van der Waals surface area contributed by atoms with Gasteiger partial charge in [-0.25, -0.2) is 0 Å². The third-order valence-electron chi connectivity index (χ3n) is 3.48. The molecule has 1 aromatic carbocycles. The molecule has 0 unspecified atom stereocenters. The van der Waals surface area contributed by atoms with E-state index in [1.165, 1.54) is 28.4 Å². The highest BCUT2D eigenvalue weighted by Gasteiger charge is 2.35. The standard InChI is InChI=1S/C14H12N2O5S/c17-13(18)7-15(9-1-2-9)14(19)12-6-8-5-10(16(20)21)3-4-11(8)22-12/h3-6,9H,1-2,7H2,(H,17,18). The van der Waals surface area contributed by atoms with E-state index in [0.717, 1.165) is 17.5 Å². The van der Waals surface area contributed by atoms with Gasteiger partial charge in [-0.2, -0.15) is 0 Å². The molecule has 7 nitrogen and oxygen atoms in total. The van der Waals surface area contributed by atoms with Gasteiger partial charge < -0.3 is 10.0 Å². The van der Waals surface area contributed by atoms with Gasteiger partial charge in [0.25, 0.3) is 11.6 Å². The van der Waals surface area contributed by atoms with E-state index >= 15 is 0 Å². The first-order valence-electron chi connectivity index (χ1n) is 6.66. The van der Waals surface area contributed by atoms with Crippen molar-refractivity contribution in [1.29, 1.82) is 0 Å². The van der Waals surface area contributed by atoms with Gasteiger partial charge in [-0.3, -0.25) is 19.7 Å². The molecule has 1 saturated carbocycles. The van der Waals surface area contributed by atoms with Crippen molar-refractivity contribution in [3.8, 4) is 0 Å². The summed E-state index contributed by atoms with van der Waals surface area (Å²) in [6, 6.07) is 5.99. The molecule has 0 saturated heterocycles. The van der Waals surface area contributed by atoms with E-state index in [2.05, 4.69) is 0 Å². The third-order valence-corrected chi connectivity index (χ3v) is 4.58. The first-order valence-corrected chi connectivity index (χ1v) is 7.48. The van der Waals surface area contributed by atoms with Crippen LogP contribution in [-0.4, -0.2) is 39.4 Å². The van der Waals surface area contributed by atoms with Crippen LogP contribution in [0.4, 0.5) is 5.69 Å². The molecule has 0 bridgehead atoms. The normalized spacial score (nSPS) is 14.0. The van der Waals surface area contributed by atoms with Crippen molar-refractivity contribution >= 4 is 39.0 Å². The number of amides is 1. The molecule has 1 aliphatic carbocycles. The summed E-state index contributed by atoms with van der Waals surface area (Å²) < 4.78 is 0.764. The maximum atomic E-state index is 12.5. The lowest BCUT2D eigenvalue weighted by Gasteiger charge is -2.19. The number of carbonyl (C=O) groups is 2. The minimum atomic E-state index is -1.04. The molecule has 22 heavy (non-hydrogen) atoms. The minimum absolute atomic E-state index is 0.0110. The number of rotatable bonds is 5. The average molecular weight is 320 g/mol. The van der Waals surface area contributed by atoms with Gasteiger partial charge in [0, 0.05) is 28.3 Å². The van der Waals surface area contributed by atoms with E-state index in [9.17, 15) is 19.7 Å². The molecule has 3 rings (SSSR count). The quantitative estimate of drug-likeness (QED) is 0.674. The van der Waals surface area contributed by atoms with Crippen LogP contribution in [0.25, 0.3) is 10.1 Å². The fraction of sp³-hybridized carbons (Fsp3) is 0.286. The summed E-state index contributed by atoms with van der Waals surface area (Å²) in [5.74, 6) is -1.37. The number of aliphatic carboxylic acids is 1. The van der Waals surface area contributed by atoms with Gasteiger partial charge in [-0.1, -0.05) is 0 Å². The lowest BCUT2D eigenvalue weighted by Crippen LogP contribution is -2.37. The lowest BCUT2D eigenvalue weighted by molar-refractivity contribution is -0.384. The van der Waals surface area contributed by atoms with Crippen LogP contribution in [0.3, 0.4) is 0 Å². The van der Waals surface area contributed by atoms with Crippen LogP contribution in [0.5, 0.6) is 0 Å². The van der Waals surface area contributed by atoms with Gasteiger partial charge >= 0.3 is 5.97 Å². The number of nitrogens with zero attached hydrogens (tertiary/aromatic N) is 2. The number of non-ortho nitro benzene ring substituents is 1. The Kier molecular flexibility index (Phi) is 3.53. The van der Waals surface area contributed by atoms with E-state index in [-0.39, 0.29) is 24.2 Å². The van der Waals surface area contributed by atoms with Crippen molar-refractivity contribution in [3.05, 3.63) is 39.3 Å². The zero-order valence-electron chi connectivity index (χ0n) is 11.4. The van der Waals surface area contributed by atoms with Crippen LogP contribution in [0.1, 0.15) is 22.5 Å². The summed E-state index contributed by atoms with van der Waals surface area (Å²) in [5, 5.41) is 20.3. The van der Waals surface area contributed by atoms with Gasteiger partial charge in [0.1, 0.15) is 6.54 Å². The highest BCUT2D eigenvalue weighted by Crippen LogP contribution is 2.33. The van der Waals surface area contributed by atoms with E-state index < -0.39 is 10.9 Å². The Morgan fingerprint density at radius 3 is 2.68 bits per heavy atom. The molecule has 1 fully saturated rings. The molecule has 1 heterocycles. The van der Waals surface area contributed by atoms with Gasteiger partial charge in [0.15, 0.2) is 0 Å². The Balaban J connectivity index is 1.92. The number of fused-ring (bicyclic) bond motifs is 1. The molecule has 0 aliphatic heterocycles. The van der Waals surface area contributed by atoms with Crippen LogP contribution >= 0.6 is 11.3 Å². The number of thiophene rings is 1. The van der Waals surface area contributed by atoms with Crippen molar-refractivity contribution in [2.75, 3.05) is 6.54 Å². The van der Waals surface area contributed by atoms with Crippen molar-refractivity contribution in [2.24, 2.45) is 0 Å². The minimum Gasteiger partial charge on any atom is -0.480 e. The van der Waals surface area contributed by atoms with E-state index in [1.54, 1.807) is 12.1 Å². The number of hydrogen-bond donors (Lipinski definition) is 1. The Morgan fingerprint density at radius 1 is 1.36 bits per heavy atom. The maximum absolute atomic E-state index is 12.5. The molecule has 1 N–H and O–H groups in total. The monoisotopic (exact) mass is 320 g/mol. The second-order valence-corrected chi connectivity index (χ2v) is 6.23. The largest absolute Gasteiger partial charge is 0.480 e. The van der Waals surface area contributed by atoms with Gasteiger partial charge in [0.2, 0.25) is 0 Å². The maximum Gasteiger partial charge on any atom is 0.323 e. The summed E-state index contributed by atoms with van der Waals surface area (Å²) in [4.78, 5) is 35.5. The summed E-state index contributed by atoms with van der Waals surface area (Å²) in [5.41, 5.74) is -0.0334. The summed E-state index contributed by atoms with van der Waals surface area (Å²) in [7, 11) is 0. The van der Waals surface area contributed by atoms with Gasteiger partial charge in [0.05, 0.1) is 9.80 Å². The third kappa shape index (κ3) is 2.77. The Morgan fingerprint density at radius 2 is 2.09 bits per heavy atom. The second-order valence-electron chi connectivity index (χ2n) is 5.15. The molecular formula is C14H12N2O5S. The van der Waals surface area contributed by atoms with E-state index in [4.69, 9.17) is 5.11 Å². The first kappa shape index (κ1) is 14.5. The number of benzene rings is 1. The molecule has 1 aliphatic rings. The van der Waals surface area contributed by atoms with Crippen molar-refractivity contribution in [2.45, 2.75) is 18.9 Å². The van der Waals surface area contributed by atoms with E-state index in [1.807, 2.05) is 0 Å². The number of nitro benzene ring substituents is 1. The Bertz CT molecular complexity index is 781. The molecule has 0 atom stereocenters. The molecule has 1 amide bonds. The smallest absolute Gasteiger partial charge is 0.323 e.